The van der Waals surface area contributed by atoms with E-state index in [4.69, 9.17) is 0 Å². The lowest BCUT2D eigenvalue weighted by Gasteiger charge is -2.01. The average Bonchev–Trinajstić information content (AvgIpc) is 2.40. The summed E-state index contributed by atoms with van der Waals surface area (Å²) < 4.78 is 0. The van der Waals surface area contributed by atoms with E-state index < -0.39 is 0 Å². The molecule has 0 saturated carbocycles. The predicted molar refractivity (Wildman–Crippen MR) is 82.2 cm³/mol. The van der Waals surface area contributed by atoms with Gasteiger partial charge in [-0.05, 0) is 31.9 Å². The summed E-state index contributed by atoms with van der Waals surface area (Å²) in [7, 11) is 0. The van der Waals surface area contributed by atoms with E-state index in [1.165, 1.54) is 24.8 Å². The fourth-order valence-electron chi connectivity index (χ4n) is 1.65. The van der Waals surface area contributed by atoms with E-state index in [2.05, 4.69) is 18.3 Å². The number of benzene rings is 1. The quantitative estimate of drug-likeness (QED) is 0.431. The van der Waals surface area contributed by atoms with Crippen LogP contribution in [0.3, 0.4) is 0 Å². The highest BCUT2D eigenvalue weighted by Crippen LogP contribution is 2.08. The molecule has 1 rings (SSSR count). The highest BCUT2D eigenvalue weighted by Gasteiger charge is 1.95. The summed E-state index contributed by atoms with van der Waals surface area (Å²) in [6.07, 6.45) is 12.2. The SMILES string of the molecule is CCCCC/C=C/C=C/C(=O)Nc1ccc(C)cc1. The van der Waals surface area contributed by atoms with Crippen molar-refractivity contribution >= 4 is 11.6 Å². The zero-order chi connectivity index (χ0) is 13.9. The monoisotopic (exact) mass is 257 g/mol. The van der Waals surface area contributed by atoms with Crippen LogP contribution < -0.4 is 5.32 Å². The number of unbranched alkanes of at least 4 members (excludes halogenated alkanes) is 3. The van der Waals surface area contributed by atoms with Gasteiger partial charge in [0.2, 0.25) is 5.91 Å². The van der Waals surface area contributed by atoms with Gasteiger partial charge in [-0.15, -0.1) is 0 Å². The van der Waals surface area contributed by atoms with Gasteiger partial charge in [0.15, 0.2) is 0 Å². The molecule has 1 N–H and O–H groups in total. The van der Waals surface area contributed by atoms with Crippen molar-refractivity contribution in [3.05, 3.63) is 54.1 Å². The van der Waals surface area contributed by atoms with Gasteiger partial charge in [0, 0.05) is 11.8 Å². The van der Waals surface area contributed by atoms with Crippen LogP contribution in [0.4, 0.5) is 5.69 Å². The van der Waals surface area contributed by atoms with Crippen LogP contribution in [0, 0.1) is 6.92 Å². The Labute approximate surface area is 116 Å². The molecule has 2 nitrogen and oxygen atoms in total. The minimum Gasteiger partial charge on any atom is -0.323 e. The third-order valence-corrected chi connectivity index (χ3v) is 2.79. The van der Waals surface area contributed by atoms with Gasteiger partial charge in [0.1, 0.15) is 0 Å². The van der Waals surface area contributed by atoms with Crippen LogP contribution in [0.25, 0.3) is 0 Å². The number of anilines is 1. The highest BCUT2D eigenvalue weighted by atomic mass is 16.1. The van der Waals surface area contributed by atoms with Gasteiger partial charge in [0.05, 0.1) is 0 Å². The molecule has 0 atom stereocenters. The molecule has 0 heterocycles. The molecule has 0 unspecified atom stereocenters. The fraction of sp³-hybridized carbons (Fsp3) is 0.353. The molecule has 1 aromatic carbocycles. The number of rotatable bonds is 7. The maximum Gasteiger partial charge on any atom is 0.248 e. The van der Waals surface area contributed by atoms with Crippen molar-refractivity contribution in [2.24, 2.45) is 0 Å². The van der Waals surface area contributed by atoms with E-state index in [1.807, 2.05) is 37.3 Å². The van der Waals surface area contributed by atoms with Crippen LogP contribution in [0.2, 0.25) is 0 Å². The largest absolute Gasteiger partial charge is 0.323 e. The Kier molecular flexibility index (Phi) is 7.33. The van der Waals surface area contributed by atoms with Crippen molar-refractivity contribution in [3.8, 4) is 0 Å². The summed E-state index contributed by atoms with van der Waals surface area (Å²) in [6.45, 7) is 4.22. The van der Waals surface area contributed by atoms with Gasteiger partial charge in [0.25, 0.3) is 0 Å². The van der Waals surface area contributed by atoms with E-state index in [1.54, 1.807) is 12.2 Å². The molecule has 0 fully saturated rings. The summed E-state index contributed by atoms with van der Waals surface area (Å²) >= 11 is 0. The van der Waals surface area contributed by atoms with Crippen molar-refractivity contribution in [1.82, 2.24) is 0 Å². The van der Waals surface area contributed by atoms with Gasteiger partial charge >= 0.3 is 0 Å². The van der Waals surface area contributed by atoms with Crippen molar-refractivity contribution in [3.63, 3.8) is 0 Å². The second-order valence-corrected chi connectivity index (χ2v) is 4.64. The van der Waals surface area contributed by atoms with Crippen molar-refractivity contribution in [1.29, 1.82) is 0 Å². The minimum atomic E-state index is -0.0953. The Bertz CT molecular complexity index is 429. The second-order valence-electron chi connectivity index (χ2n) is 4.64. The number of amides is 1. The molecule has 0 bridgehead atoms. The molecule has 2 heteroatoms. The summed E-state index contributed by atoms with van der Waals surface area (Å²) in [4.78, 5) is 11.6. The van der Waals surface area contributed by atoms with E-state index in [9.17, 15) is 4.79 Å². The smallest absolute Gasteiger partial charge is 0.248 e. The topological polar surface area (TPSA) is 29.1 Å². The molecule has 19 heavy (non-hydrogen) atoms. The third kappa shape index (κ3) is 7.24. The third-order valence-electron chi connectivity index (χ3n) is 2.79. The lowest BCUT2D eigenvalue weighted by molar-refractivity contribution is -0.111. The van der Waals surface area contributed by atoms with Gasteiger partial charge in [-0.1, -0.05) is 55.7 Å². The first-order chi connectivity index (χ1) is 9.22. The zero-order valence-corrected chi connectivity index (χ0v) is 11.9. The molecule has 0 radical (unpaired) electrons. The Balaban J connectivity index is 2.28. The molecule has 0 aliphatic rings. The van der Waals surface area contributed by atoms with Crippen LogP contribution in [-0.2, 0) is 4.79 Å². The average molecular weight is 257 g/mol. The molecule has 0 aliphatic carbocycles. The highest BCUT2D eigenvalue weighted by molar-refractivity contribution is 5.99. The van der Waals surface area contributed by atoms with Crippen molar-refractivity contribution < 1.29 is 4.79 Å². The molecular weight excluding hydrogens is 234 g/mol. The van der Waals surface area contributed by atoms with E-state index in [-0.39, 0.29) is 5.91 Å². The first-order valence-electron chi connectivity index (χ1n) is 6.93. The van der Waals surface area contributed by atoms with Crippen molar-refractivity contribution in [2.75, 3.05) is 5.32 Å². The molecule has 0 saturated heterocycles. The molecule has 1 aromatic rings. The number of carbonyl (C=O) groups excluding carboxylic acids is 1. The van der Waals surface area contributed by atoms with Crippen LogP contribution in [0.5, 0.6) is 0 Å². The lowest BCUT2D eigenvalue weighted by Crippen LogP contribution is -2.07. The molecule has 0 aliphatic heterocycles. The van der Waals surface area contributed by atoms with E-state index >= 15 is 0 Å². The predicted octanol–water partition coefficient (Wildman–Crippen LogP) is 4.63. The summed E-state index contributed by atoms with van der Waals surface area (Å²) in [5.41, 5.74) is 2.01. The summed E-state index contributed by atoms with van der Waals surface area (Å²) in [6, 6.07) is 7.77. The molecule has 0 spiro atoms. The Morgan fingerprint density at radius 1 is 1.16 bits per heavy atom. The Hall–Kier alpha value is -1.83. The molecule has 0 aromatic heterocycles. The normalized spacial score (nSPS) is 11.3. The van der Waals surface area contributed by atoms with Gasteiger partial charge in [-0.2, -0.15) is 0 Å². The number of nitrogens with one attached hydrogen (secondary N) is 1. The van der Waals surface area contributed by atoms with Crippen LogP contribution in [-0.4, -0.2) is 5.91 Å². The maximum atomic E-state index is 11.6. The Morgan fingerprint density at radius 3 is 2.58 bits per heavy atom. The van der Waals surface area contributed by atoms with E-state index in [0.717, 1.165) is 12.1 Å². The van der Waals surface area contributed by atoms with Crippen LogP contribution in [0.15, 0.2) is 48.6 Å². The zero-order valence-electron chi connectivity index (χ0n) is 11.9. The molecular formula is C17H23NO. The number of carbonyl (C=O) groups is 1. The number of hydrogen-bond donors (Lipinski definition) is 1. The first kappa shape index (κ1) is 15.2. The lowest BCUT2D eigenvalue weighted by atomic mass is 10.2. The van der Waals surface area contributed by atoms with Crippen LogP contribution in [0.1, 0.15) is 38.2 Å². The van der Waals surface area contributed by atoms with E-state index in [0.29, 0.717) is 0 Å². The van der Waals surface area contributed by atoms with Crippen LogP contribution >= 0.6 is 0 Å². The van der Waals surface area contributed by atoms with Gasteiger partial charge in [-0.25, -0.2) is 0 Å². The minimum absolute atomic E-state index is 0.0953. The Morgan fingerprint density at radius 2 is 1.89 bits per heavy atom. The van der Waals surface area contributed by atoms with Gasteiger partial charge < -0.3 is 5.32 Å². The standard InChI is InChI=1S/C17H23NO/c1-3-4-5-6-7-8-9-10-17(19)18-16-13-11-15(2)12-14-16/h7-14H,3-6H2,1-2H3,(H,18,19)/b8-7+,10-9+. The molecule has 102 valence electrons. The van der Waals surface area contributed by atoms with Crippen molar-refractivity contribution in [2.45, 2.75) is 39.5 Å². The second kappa shape index (κ2) is 9.15. The summed E-state index contributed by atoms with van der Waals surface area (Å²) in [5, 5.41) is 2.82. The summed E-state index contributed by atoms with van der Waals surface area (Å²) in [5.74, 6) is -0.0953. The maximum absolute atomic E-state index is 11.6. The first-order valence-corrected chi connectivity index (χ1v) is 6.93. The fourth-order valence-corrected chi connectivity index (χ4v) is 1.65. The molecule has 1 amide bonds. The van der Waals surface area contributed by atoms with Gasteiger partial charge in [-0.3, -0.25) is 4.79 Å². The number of aryl methyl sites for hydroxylation is 1. The number of hydrogen-bond acceptors (Lipinski definition) is 1. The number of allylic oxidation sites excluding steroid dienone is 3.